The normalized spacial score (nSPS) is 16.6. The summed E-state index contributed by atoms with van der Waals surface area (Å²) in [7, 11) is 0. The molecule has 1 atom stereocenters. The number of β-amino-alcohol motifs (C(OH)–C–C–N with tert-alkyl or cyclic N) is 1. The van der Waals surface area contributed by atoms with Crippen molar-refractivity contribution in [3.63, 3.8) is 0 Å². The molecule has 160 valence electrons. The number of fused-ring (bicyclic) bond motifs is 1. The smallest absolute Gasteiger partial charge is 0.323 e. The Labute approximate surface area is 174 Å². The zero-order chi connectivity index (χ0) is 20.9. The number of aromatic amines is 2. The molecule has 4 rings (SSSR count). The highest BCUT2D eigenvalue weighted by atomic mass is 16.5. The number of hydrogen-bond donors (Lipinski definition) is 3. The molecule has 3 heterocycles. The lowest BCUT2D eigenvalue weighted by molar-refractivity contribution is 0.0501. The van der Waals surface area contributed by atoms with Gasteiger partial charge in [-0.25, -0.2) is 14.8 Å². The van der Waals surface area contributed by atoms with Gasteiger partial charge in [-0.15, -0.1) is 0 Å². The van der Waals surface area contributed by atoms with Crippen molar-refractivity contribution in [2.75, 3.05) is 32.8 Å². The fraction of sp³-hybridized carbons (Fsp3) is 0.476. The summed E-state index contributed by atoms with van der Waals surface area (Å²) >= 11 is 0. The number of para-hydroxylation sites is 1. The van der Waals surface area contributed by atoms with Gasteiger partial charge in [-0.3, -0.25) is 0 Å². The van der Waals surface area contributed by atoms with Crippen LogP contribution in [-0.4, -0.2) is 68.9 Å². The maximum Gasteiger partial charge on any atom is 0.323 e. The first-order chi connectivity index (χ1) is 14.6. The summed E-state index contributed by atoms with van der Waals surface area (Å²) in [5, 5.41) is 10.4. The van der Waals surface area contributed by atoms with Crippen molar-refractivity contribution in [3.05, 3.63) is 46.6 Å². The molecule has 1 saturated heterocycles. The van der Waals surface area contributed by atoms with E-state index in [0.29, 0.717) is 41.9 Å². The van der Waals surface area contributed by atoms with E-state index < -0.39 is 6.10 Å². The quantitative estimate of drug-likeness (QED) is 0.512. The molecule has 2 aromatic heterocycles. The van der Waals surface area contributed by atoms with Crippen molar-refractivity contribution in [1.29, 1.82) is 0 Å². The van der Waals surface area contributed by atoms with E-state index in [4.69, 9.17) is 9.47 Å². The predicted molar refractivity (Wildman–Crippen MR) is 112 cm³/mol. The molecule has 30 heavy (non-hydrogen) atoms. The Hall–Kier alpha value is -2.91. The number of ether oxygens (including phenoxy) is 2. The molecule has 1 unspecified atom stereocenters. The first-order valence-corrected chi connectivity index (χ1v) is 10.2. The standard InChI is InChI=1S/C21H27N5O4/c1-14-5-8-22-21(23-14)30-12-15-6-9-26(10-7-15)11-16(27)13-29-18-4-2-3-17-19(18)25-20(28)24-17/h2-5,8,15-16,27H,6-7,9-13H2,1H3,(H2,24,25,28). The molecule has 0 saturated carbocycles. The van der Waals surface area contributed by atoms with Gasteiger partial charge in [0.25, 0.3) is 0 Å². The third-order valence-corrected chi connectivity index (χ3v) is 5.34. The first-order valence-electron chi connectivity index (χ1n) is 10.2. The zero-order valence-corrected chi connectivity index (χ0v) is 17.0. The third kappa shape index (κ3) is 5.17. The number of aryl methyl sites for hydroxylation is 1. The van der Waals surface area contributed by atoms with E-state index in [-0.39, 0.29) is 12.3 Å². The van der Waals surface area contributed by atoms with Crippen molar-refractivity contribution >= 4 is 11.0 Å². The minimum absolute atomic E-state index is 0.167. The number of likely N-dealkylation sites (tertiary alicyclic amines) is 1. The minimum atomic E-state index is -0.612. The van der Waals surface area contributed by atoms with Crippen LogP contribution in [0.3, 0.4) is 0 Å². The highest BCUT2D eigenvalue weighted by molar-refractivity contribution is 5.80. The van der Waals surface area contributed by atoms with Gasteiger partial charge < -0.3 is 29.4 Å². The molecule has 0 amide bonds. The SMILES string of the molecule is Cc1ccnc(OCC2CCN(CC(O)COc3cccc4[nH]c(=O)[nH]c34)CC2)n1. The molecule has 0 radical (unpaired) electrons. The highest BCUT2D eigenvalue weighted by Crippen LogP contribution is 2.22. The van der Waals surface area contributed by atoms with Crippen molar-refractivity contribution in [2.24, 2.45) is 5.92 Å². The van der Waals surface area contributed by atoms with E-state index in [1.165, 1.54) is 0 Å². The molecule has 9 heteroatoms. The van der Waals surface area contributed by atoms with Gasteiger partial charge in [-0.2, -0.15) is 0 Å². The summed E-state index contributed by atoms with van der Waals surface area (Å²) < 4.78 is 11.5. The van der Waals surface area contributed by atoms with Gasteiger partial charge in [-0.05, 0) is 57.0 Å². The van der Waals surface area contributed by atoms with Gasteiger partial charge in [0.15, 0.2) is 0 Å². The van der Waals surface area contributed by atoms with E-state index >= 15 is 0 Å². The van der Waals surface area contributed by atoms with Gasteiger partial charge in [0.05, 0.1) is 12.1 Å². The number of nitrogens with one attached hydrogen (secondary N) is 2. The lowest BCUT2D eigenvalue weighted by atomic mass is 9.97. The molecule has 1 fully saturated rings. The maximum atomic E-state index is 11.5. The number of aliphatic hydroxyl groups excluding tert-OH is 1. The van der Waals surface area contributed by atoms with Crippen LogP contribution < -0.4 is 15.2 Å². The number of H-pyrrole nitrogens is 2. The summed E-state index contributed by atoms with van der Waals surface area (Å²) in [6.45, 7) is 5.05. The number of aromatic nitrogens is 4. The average Bonchev–Trinajstić information content (AvgIpc) is 3.12. The van der Waals surface area contributed by atoms with Crippen molar-refractivity contribution in [2.45, 2.75) is 25.9 Å². The van der Waals surface area contributed by atoms with Crippen LogP contribution in [-0.2, 0) is 0 Å². The maximum absolute atomic E-state index is 11.5. The predicted octanol–water partition coefficient (Wildman–Crippen LogP) is 1.49. The summed E-state index contributed by atoms with van der Waals surface area (Å²) in [5.41, 5.74) is 1.92. The van der Waals surface area contributed by atoms with Crippen LogP contribution in [0.4, 0.5) is 0 Å². The number of rotatable bonds is 8. The van der Waals surface area contributed by atoms with Crippen LogP contribution in [0.2, 0.25) is 0 Å². The summed E-state index contributed by atoms with van der Waals surface area (Å²) in [6, 6.07) is 7.67. The van der Waals surface area contributed by atoms with Crippen LogP contribution in [0.25, 0.3) is 11.0 Å². The monoisotopic (exact) mass is 413 g/mol. The minimum Gasteiger partial charge on any atom is -0.489 e. The molecule has 1 aliphatic rings. The second-order valence-corrected chi connectivity index (χ2v) is 7.76. The lowest BCUT2D eigenvalue weighted by Gasteiger charge is -2.32. The van der Waals surface area contributed by atoms with E-state index in [2.05, 4.69) is 24.8 Å². The van der Waals surface area contributed by atoms with Gasteiger partial charge in [-0.1, -0.05) is 6.07 Å². The highest BCUT2D eigenvalue weighted by Gasteiger charge is 2.22. The van der Waals surface area contributed by atoms with Gasteiger partial charge in [0, 0.05) is 18.4 Å². The van der Waals surface area contributed by atoms with E-state index in [1.54, 1.807) is 18.3 Å². The summed E-state index contributed by atoms with van der Waals surface area (Å²) in [5.74, 6) is 1.01. The lowest BCUT2D eigenvalue weighted by Crippen LogP contribution is -2.41. The Morgan fingerprint density at radius 1 is 1.23 bits per heavy atom. The topological polar surface area (TPSA) is 116 Å². The Balaban J connectivity index is 1.19. The fourth-order valence-electron chi connectivity index (χ4n) is 3.71. The van der Waals surface area contributed by atoms with E-state index in [0.717, 1.165) is 31.6 Å². The number of imidazole rings is 1. The largest absolute Gasteiger partial charge is 0.489 e. The molecule has 0 aliphatic carbocycles. The fourth-order valence-corrected chi connectivity index (χ4v) is 3.71. The molecule has 1 aromatic carbocycles. The Morgan fingerprint density at radius 2 is 2.07 bits per heavy atom. The van der Waals surface area contributed by atoms with Crippen LogP contribution in [0.15, 0.2) is 35.3 Å². The van der Waals surface area contributed by atoms with Crippen molar-refractivity contribution < 1.29 is 14.6 Å². The van der Waals surface area contributed by atoms with Gasteiger partial charge in [0.1, 0.15) is 24.0 Å². The average molecular weight is 413 g/mol. The third-order valence-electron chi connectivity index (χ3n) is 5.34. The number of nitrogens with zero attached hydrogens (tertiary/aromatic N) is 3. The zero-order valence-electron chi connectivity index (χ0n) is 17.0. The summed E-state index contributed by atoms with van der Waals surface area (Å²) in [6.07, 6.45) is 3.10. The number of aliphatic hydroxyl groups is 1. The Bertz CT molecular complexity index is 1030. The molecular weight excluding hydrogens is 386 g/mol. The van der Waals surface area contributed by atoms with E-state index in [9.17, 15) is 9.90 Å². The van der Waals surface area contributed by atoms with Gasteiger partial charge >= 0.3 is 11.7 Å². The van der Waals surface area contributed by atoms with Crippen LogP contribution in [0.1, 0.15) is 18.5 Å². The van der Waals surface area contributed by atoms with Crippen LogP contribution >= 0.6 is 0 Å². The van der Waals surface area contributed by atoms with Crippen molar-refractivity contribution in [1.82, 2.24) is 24.8 Å². The second kappa shape index (κ2) is 9.27. The Kier molecular flexibility index (Phi) is 6.29. The molecule has 3 N–H and O–H groups in total. The number of piperidine rings is 1. The van der Waals surface area contributed by atoms with Gasteiger partial charge in [0.2, 0.25) is 0 Å². The molecule has 0 bridgehead atoms. The van der Waals surface area contributed by atoms with Crippen molar-refractivity contribution in [3.8, 4) is 11.8 Å². The molecule has 9 nitrogen and oxygen atoms in total. The number of benzene rings is 1. The first kappa shape index (κ1) is 20.4. The molecular formula is C21H27N5O4. The summed E-state index contributed by atoms with van der Waals surface area (Å²) in [4.78, 5) is 27.5. The van der Waals surface area contributed by atoms with Crippen LogP contribution in [0, 0.1) is 12.8 Å². The van der Waals surface area contributed by atoms with E-state index in [1.807, 2.05) is 19.1 Å². The number of hydrogen-bond acceptors (Lipinski definition) is 7. The molecule has 3 aromatic rings. The Morgan fingerprint density at radius 3 is 2.87 bits per heavy atom. The second-order valence-electron chi connectivity index (χ2n) is 7.76. The molecule has 1 aliphatic heterocycles. The molecule has 0 spiro atoms. The van der Waals surface area contributed by atoms with Crippen LogP contribution in [0.5, 0.6) is 11.8 Å².